The first-order valence-corrected chi connectivity index (χ1v) is 4.81. The summed E-state index contributed by atoms with van der Waals surface area (Å²) in [4.78, 5) is 4.36. The number of nitrogens with two attached hydrogens (primary N) is 2. The third kappa shape index (κ3) is 17.8. The summed E-state index contributed by atoms with van der Waals surface area (Å²) in [5.41, 5.74) is 9.91. The summed E-state index contributed by atoms with van der Waals surface area (Å²) in [5.74, 6) is 0. The molecule has 0 rings (SSSR count). The van der Waals surface area contributed by atoms with Crippen molar-refractivity contribution in [3.63, 3.8) is 0 Å². The van der Waals surface area contributed by atoms with Crippen LogP contribution in [0.3, 0.4) is 0 Å². The second-order valence-electron chi connectivity index (χ2n) is 3.73. The van der Waals surface area contributed by atoms with Crippen LogP contribution in [0.5, 0.6) is 0 Å². The van der Waals surface area contributed by atoms with Gasteiger partial charge in [-0.25, -0.2) is 0 Å². The van der Waals surface area contributed by atoms with Gasteiger partial charge in [-0.2, -0.15) is 0 Å². The highest BCUT2D eigenvalue weighted by Gasteiger charge is 1.91. The third-order valence-electron chi connectivity index (χ3n) is 1.54. The zero-order valence-electron chi connectivity index (χ0n) is 9.90. The zero-order valence-corrected chi connectivity index (χ0v) is 9.90. The lowest BCUT2D eigenvalue weighted by Gasteiger charge is -2.13. The van der Waals surface area contributed by atoms with Gasteiger partial charge in [0.05, 0.1) is 6.10 Å². The van der Waals surface area contributed by atoms with Crippen LogP contribution in [0.2, 0.25) is 0 Å². The quantitative estimate of drug-likeness (QED) is 0.503. The molecule has 0 aliphatic heterocycles. The number of rotatable bonds is 5. The van der Waals surface area contributed by atoms with Crippen molar-refractivity contribution in [2.75, 3.05) is 54.4 Å². The monoisotopic (exact) mass is 206 g/mol. The third-order valence-corrected chi connectivity index (χ3v) is 1.54. The smallest absolute Gasteiger partial charge is 0.0784 e. The lowest BCUT2D eigenvalue weighted by Crippen LogP contribution is -2.27. The van der Waals surface area contributed by atoms with Gasteiger partial charge < -0.3 is 26.4 Å². The first kappa shape index (κ1) is 16.2. The number of nitrogens with zero attached hydrogens (tertiary/aromatic N) is 2. The highest BCUT2D eigenvalue weighted by molar-refractivity contribution is 4.52. The molecule has 5 heteroatoms. The van der Waals surface area contributed by atoms with E-state index in [4.69, 9.17) is 16.6 Å². The van der Waals surface area contributed by atoms with Gasteiger partial charge in [-0.3, -0.25) is 0 Å². The maximum Gasteiger partial charge on any atom is 0.0784 e. The van der Waals surface area contributed by atoms with Crippen molar-refractivity contribution in [2.45, 2.75) is 6.10 Å². The molecule has 0 radical (unpaired) electrons. The summed E-state index contributed by atoms with van der Waals surface area (Å²) in [5, 5.41) is 8.42. The molecule has 0 aromatic rings. The Labute approximate surface area is 87.7 Å². The van der Waals surface area contributed by atoms with Crippen LogP contribution < -0.4 is 11.5 Å². The Balaban J connectivity index is 0. The minimum Gasteiger partial charge on any atom is -0.390 e. The van der Waals surface area contributed by atoms with E-state index in [1.54, 1.807) is 0 Å². The summed E-state index contributed by atoms with van der Waals surface area (Å²) in [7, 11) is 8.35. The molecule has 0 bridgehead atoms. The molecule has 14 heavy (non-hydrogen) atoms. The summed E-state index contributed by atoms with van der Waals surface area (Å²) < 4.78 is 0. The topological polar surface area (TPSA) is 78.8 Å². The van der Waals surface area contributed by atoms with E-state index in [0.29, 0.717) is 0 Å². The summed E-state index contributed by atoms with van der Waals surface area (Å²) in [6.45, 7) is 2.81. The predicted molar refractivity (Wildman–Crippen MR) is 61.2 cm³/mol. The molecule has 0 amide bonds. The molecule has 0 aromatic carbocycles. The van der Waals surface area contributed by atoms with Gasteiger partial charge in [0.2, 0.25) is 0 Å². The molecule has 0 aromatic heterocycles. The average molecular weight is 206 g/mol. The molecule has 88 valence electrons. The molecule has 5 nitrogen and oxygen atoms in total. The predicted octanol–water partition coefficient (Wildman–Crippen LogP) is -1.63. The standard InChI is InChI=1S/C6H16N2.C3H10N2O/c1-7(2)5-6-8(3)4;4-1-3(6)2-5/h5-6H2,1-4H3;3,6H,1-2,4-5H2. The van der Waals surface area contributed by atoms with Gasteiger partial charge in [0.25, 0.3) is 0 Å². The number of aliphatic hydroxyl groups excluding tert-OH is 1. The summed E-state index contributed by atoms with van der Waals surface area (Å²) in [6.07, 6.45) is -0.509. The Hall–Kier alpha value is -0.200. The molecule has 0 saturated carbocycles. The van der Waals surface area contributed by atoms with Gasteiger partial charge in [-0.15, -0.1) is 0 Å². The maximum atomic E-state index is 8.42. The van der Waals surface area contributed by atoms with Crippen molar-refractivity contribution in [3.8, 4) is 0 Å². The fourth-order valence-corrected chi connectivity index (χ4v) is 0.496. The Morgan fingerprint density at radius 1 is 0.929 bits per heavy atom. The molecule has 0 spiro atoms. The van der Waals surface area contributed by atoms with Gasteiger partial charge in [0.1, 0.15) is 0 Å². The molecule has 0 fully saturated rings. The van der Waals surface area contributed by atoms with Crippen molar-refractivity contribution in [1.82, 2.24) is 9.80 Å². The zero-order chi connectivity index (χ0) is 11.6. The van der Waals surface area contributed by atoms with Crippen LogP contribution in [0.1, 0.15) is 0 Å². The van der Waals surface area contributed by atoms with Crippen LogP contribution in [-0.4, -0.2) is 75.4 Å². The van der Waals surface area contributed by atoms with E-state index in [9.17, 15) is 0 Å². The molecular formula is C9H26N4O. The van der Waals surface area contributed by atoms with Crippen LogP contribution in [-0.2, 0) is 0 Å². The highest BCUT2D eigenvalue weighted by Crippen LogP contribution is 1.76. The van der Waals surface area contributed by atoms with E-state index in [1.807, 2.05) is 0 Å². The molecule has 0 aliphatic carbocycles. The normalized spacial score (nSPS) is 10.7. The van der Waals surface area contributed by atoms with E-state index in [-0.39, 0.29) is 13.1 Å². The van der Waals surface area contributed by atoms with Gasteiger partial charge >= 0.3 is 0 Å². The van der Waals surface area contributed by atoms with Crippen molar-refractivity contribution in [3.05, 3.63) is 0 Å². The van der Waals surface area contributed by atoms with Crippen LogP contribution in [0.25, 0.3) is 0 Å². The van der Waals surface area contributed by atoms with Crippen molar-refractivity contribution in [1.29, 1.82) is 0 Å². The fourth-order valence-electron chi connectivity index (χ4n) is 0.496. The first-order chi connectivity index (χ1) is 6.43. The molecule has 0 unspecified atom stereocenters. The minimum absolute atomic E-state index is 0.260. The molecule has 0 saturated heterocycles. The van der Waals surface area contributed by atoms with Gasteiger partial charge in [0, 0.05) is 26.2 Å². The van der Waals surface area contributed by atoms with Gasteiger partial charge in [0.15, 0.2) is 0 Å². The first-order valence-electron chi connectivity index (χ1n) is 4.81. The van der Waals surface area contributed by atoms with Gasteiger partial charge in [-0.05, 0) is 28.2 Å². The van der Waals surface area contributed by atoms with Crippen LogP contribution in [0.4, 0.5) is 0 Å². The summed E-state index contributed by atoms with van der Waals surface area (Å²) in [6, 6.07) is 0. The Bertz CT molecular complexity index is 97.0. The molecule has 5 N–H and O–H groups in total. The number of hydrogen-bond donors (Lipinski definition) is 3. The number of likely N-dealkylation sites (N-methyl/N-ethyl adjacent to an activating group) is 2. The minimum atomic E-state index is -0.509. The average Bonchev–Trinajstić information content (AvgIpc) is 2.14. The molecule has 0 atom stereocenters. The van der Waals surface area contributed by atoms with E-state index in [2.05, 4.69) is 38.0 Å². The van der Waals surface area contributed by atoms with E-state index in [1.165, 1.54) is 0 Å². The summed E-state index contributed by atoms with van der Waals surface area (Å²) >= 11 is 0. The van der Waals surface area contributed by atoms with E-state index >= 15 is 0 Å². The Morgan fingerprint density at radius 3 is 1.29 bits per heavy atom. The van der Waals surface area contributed by atoms with E-state index in [0.717, 1.165) is 13.1 Å². The van der Waals surface area contributed by atoms with E-state index < -0.39 is 6.10 Å². The van der Waals surface area contributed by atoms with Gasteiger partial charge in [-0.1, -0.05) is 0 Å². The Kier molecular flexibility index (Phi) is 12.6. The van der Waals surface area contributed by atoms with Crippen LogP contribution in [0.15, 0.2) is 0 Å². The molecule has 0 aliphatic rings. The van der Waals surface area contributed by atoms with Crippen molar-refractivity contribution < 1.29 is 5.11 Å². The fraction of sp³-hybridized carbons (Fsp3) is 1.00. The Morgan fingerprint density at radius 2 is 1.21 bits per heavy atom. The molecular weight excluding hydrogens is 180 g/mol. The number of aliphatic hydroxyl groups is 1. The largest absolute Gasteiger partial charge is 0.390 e. The van der Waals surface area contributed by atoms with Crippen molar-refractivity contribution in [2.24, 2.45) is 11.5 Å². The maximum absolute atomic E-state index is 8.42. The van der Waals surface area contributed by atoms with Crippen LogP contribution in [0, 0.1) is 0 Å². The highest BCUT2D eigenvalue weighted by atomic mass is 16.3. The van der Waals surface area contributed by atoms with Crippen LogP contribution >= 0.6 is 0 Å². The molecule has 0 heterocycles. The lowest BCUT2D eigenvalue weighted by atomic mass is 10.4. The lowest BCUT2D eigenvalue weighted by molar-refractivity contribution is 0.191. The second-order valence-corrected chi connectivity index (χ2v) is 3.73. The SMILES string of the molecule is CN(C)CCN(C)C.NCC(O)CN. The second kappa shape index (κ2) is 10.9. The number of hydrogen-bond acceptors (Lipinski definition) is 5. The van der Waals surface area contributed by atoms with Crippen molar-refractivity contribution >= 4 is 0 Å².